The number of benzene rings is 1. The highest BCUT2D eigenvalue weighted by Crippen LogP contribution is 2.56. The molecule has 4 rings (SSSR count). The molecule has 3 aliphatic rings. The van der Waals surface area contributed by atoms with Crippen molar-refractivity contribution in [3.8, 4) is 0 Å². The first-order valence-corrected chi connectivity index (χ1v) is 7.48. The van der Waals surface area contributed by atoms with Crippen molar-refractivity contribution in [3.05, 3.63) is 34.6 Å². The van der Waals surface area contributed by atoms with E-state index >= 15 is 0 Å². The normalized spacial score (nSPS) is 29.6. The van der Waals surface area contributed by atoms with Gasteiger partial charge in [-0.25, -0.2) is 8.78 Å². The Labute approximate surface area is 127 Å². The number of nitrogens with two attached hydrogens (primary N) is 1. The van der Waals surface area contributed by atoms with Gasteiger partial charge in [-0.05, 0) is 36.8 Å². The molecular formula is C16H18F2N2O2. The molecule has 1 aromatic rings. The predicted molar refractivity (Wildman–Crippen MR) is 76.8 cm³/mol. The third kappa shape index (κ3) is 1.79. The van der Waals surface area contributed by atoms with Gasteiger partial charge in [-0.2, -0.15) is 0 Å². The van der Waals surface area contributed by atoms with Gasteiger partial charge >= 0.3 is 0 Å². The van der Waals surface area contributed by atoms with E-state index < -0.39 is 29.2 Å². The van der Waals surface area contributed by atoms with E-state index in [0.29, 0.717) is 5.56 Å². The number of hydrogen-bond donors (Lipinski definition) is 1. The molecule has 2 aliphatic carbocycles. The molecular weight excluding hydrogens is 290 g/mol. The minimum atomic E-state index is -1.18. The van der Waals surface area contributed by atoms with Gasteiger partial charge in [0.2, 0.25) is 5.91 Å². The second kappa shape index (κ2) is 4.27. The lowest BCUT2D eigenvalue weighted by molar-refractivity contribution is -0.118. The first kappa shape index (κ1) is 13.7. The highest BCUT2D eigenvalue weighted by atomic mass is 19.1. The van der Waals surface area contributed by atoms with Crippen molar-refractivity contribution in [2.24, 2.45) is 5.73 Å². The van der Waals surface area contributed by atoms with E-state index in [4.69, 9.17) is 5.73 Å². The van der Waals surface area contributed by atoms with Gasteiger partial charge in [-0.3, -0.25) is 9.59 Å². The summed E-state index contributed by atoms with van der Waals surface area (Å²) in [6.07, 6.45) is 0.874. The summed E-state index contributed by atoms with van der Waals surface area (Å²) in [5.74, 6) is -1.33. The minimum Gasteiger partial charge on any atom is -0.368 e. The SMILES string of the molecule is NC(=O)CN1CC2(CC2F)c2c(ccc(C3CC3)c2F)C1=O.[HH]. The molecule has 2 N–H and O–H groups in total. The number of hydrogen-bond acceptors (Lipinski definition) is 2. The molecule has 1 aromatic carbocycles. The van der Waals surface area contributed by atoms with E-state index in [2.05, 4.69) is 0 Å². The average molecular weight is 308 g/mol. The van der Waals surface area contributed by atoms with Crippen LogP contribution in [0.2, 0.25) is 0 Å². The van der Waals surface area contributed by atoms with Crippen LogP contribution in [0.3, 0.4) is 0 Å². The van der Waals surface area contributed by atoms with E-state index in [1.807, 2.05) is 0 Å². The number of amides is 2. The van der Waals surface area contributed by atoms with Crippen LogP contribution in [0.4, 0.5) is 8.78 Å². The van der Waals surface area contributed by atoms with Gasteiger partial charge in [-0.1, -0.05) is 6.07 Å². The number of nitrogens with zero attached hydrogens (tertiary/aromatic N) is 1. The maximum atomic E-state index is 14.9. The van der Waals surface area contributed by atoms with Crippen molar-refractivity contribution in [3.63, 3.8) is 0 Å². The standard InChI is InChI=1S/C16H16F2N2O2.H2/c17-11-5-16(11)7-20(6-12(19)21)15(22)10-4-3-9(8-1-2-8)14(18)13(10)16;/h3-4,8,11H,1-2,5-7H2,(H2,19,21);1H. The molecule has 2 amide bonds. The second-order valence-electron chi connectivity index (χ2n) is 6.62. The lowest BCUT2D eigenvalue weighted by Gasteiger charge is -2.34. The van der Waals surface area contributed by atoms with Crippen LogP contribution in [0.15, 0.2) is 12.1 Å². The Balaban J connectivity index is 0.00000156. The number of halogens is 2. The minimum absolute atomic E-state index is 0. The van der Waals surface area contributed by atoms with E-state index in [9.17, 15) is 18.4 Å². The largest absolute Gasteiger partial charge is 0.368 e. The van der Waals surface area contributed by atoms with Crippen LogP contribution in [-0.4, -0.2) is 36.0 Å². The van der Waals surface area contributed by atoms with E-state index in [-0.39, 0.29) is 38.0 Å². The zero-order valence-electron chi connectivity index (χ0n) is 11.9. The Morgan fingerprint density at radius 1 is 1.45 bits per heavy atom. The number of carbonyl (C=O) groups is 2. The van der Waals surface area contributed by atoms with Gasteiger partial charge in [-0.15, -0.1) is 0 Å². The van der Waals surface area contributed by atoms with Crippen molar-refractivity contribution in [2.75, 3.05) is 13.1 Å². The highest BCUT2D eigenvalue weighted by Gasteiger charge is 2.62. The summed E-state index contributed by atoms with van der Waals surface area (Å²) in [6, 6.07) is 3.20. The molecule has 4 nitrogen and oxygen atoms in total. The zero-order chi connectivity index (χ0) is 15.6. The van der Waals surface area contributed by atoms with Crippen molar-refractivity contribution in [2.45, 2.75) is 36.8 Å². The molecule has 2 fully saturated rings. The molecule has 22 heavy (non-hydrogen) atoms. The number of fused-ring (bicyclic) bond motifs is 2. The smallest absolute Gasteiger partial charge is 0.254 e. The molecule has 0 aromatic heterocycles. The third-order valence-electron chi connectivity index (χ3n) is 5.01. The first-order valence-electron chi connectivity index (χ1n) is 7.48. The van der Waals surface area contributed by atoms with Gasteiger partial charge in [0.15, 0.2) is 0 Å². The van der Waals surface area contributed by atoms with E-state index in [1.54, 1.807) is 12.1 Å². The number of primary amides is 1. The molecule has 2 unspecified atom stereocenters. The summed E-state index contributed by atoms with van der Waals surface area (Å²) < 4.78 is 29.0. The number of carbonyl (C=O) groups excluding carboxylic acids is 2. The Bertz CT molecular complexity index is 708. The van der Waals surface area contributed by atoms with Crippen LogP contribution in [0.5, 0.6) is 0 Å². The molecule has 1 spiro atoms. The summed E-state index contributed by atoms with van der Waals surface area (Å²) in [5, 5.41) is 0. The summed E-state index contributed by atoms with van der Waals surface area (Å²) in [4.78, 5) is 24.8. The molecule has 2 atom stereocenters. The molecule has 0 radical (unpaired) electrons. The number of alkyl halides is 1. The second-order valence-corrected chi connectivity index (χ2v) is 6.62. The van der Waals surface area contributed by atoms with Crippen molar-refractivity contribution >= 4 is 11.8 Å². The monoisotopic (exact) mass is 308 g/mol. The van der Waals surface area contributed by atoms with Crippen molar-refractivity contribution < 1.29 is 19.8 Å². The Hall–Kier alpha value is -1.98. The summed E-state index contributed by atoms with van der Waals surface area (Å²) in [7, 11) is 0. The molecule has 1 heterocycles. The van der Waals surface area contributed by atoms with Crippen LogP contribution in [0.25, 0.3) is 0 Å². The molecule has 2 saturated carbocycles. The molecule has 1 aliphatic heterocycles. The Morgan fingerprint density at radius 3 is 2.68 bits per heavy atom. The zero-order valence-corrected chi connectivity index (χ0v) is 11.9. The van der Waals surface area contributed by atoms with Crippen LogP contribution < -0.4 is 5.73 Å². The third-order valence-corrected chi connectivity index (χ3v) is 5.01. The summed E-state index contributed by atoms with van der Waals surface area (Å²) in [6.45, 7) is -0.243. The summed E-state index contributed by atoms with van der Waals surface area (Å²) >= 11 is 0. The molecule has 0 saturated heterocycles. The maximum Gasteiger partial charge on any atom is 0.254 e. The maximum absolute atomic E-state index is 14.9. The van der Waals surface area contributed by atoms with Crippen LogP contribution in [-0.2, 0) is 10.2 Å². The molecule has 6 heteroatoms. The van der Waals surface area contributed by atoms with Crippen LogP contribution in [0.1, 0.15) is 48.1 Å². The van der Waals surface area contributed by atoms with Gasteiger partial charge in [0.1, 0.15) is 12.0 Å². The molecule has 118 valence electrons. The lowest BCUT2D eigenvalue weighted by atomic mass is 9.83. The van der Waals surface area contributed by atoms with Gasteiger partial charge < -0.3 is 10.6 Å². The summed E-state index contributed by atoms with van der Waals surface area (Å²) in [5.41, 5.74) is 5.14. The Kier molecular flexibility index (Phi) is 2.65. The fourth-order valence-corrected chi connectivity index (χ4v) is 3.63. The average Bonchev–Trinajstić information content (AvgIpc) is 3.34. The first-order chi connectivity index (χ1) is 10.4. The highest BCUT2D eigenvalue weighted by molar-refractivity contribution is 6.00. The fourth-order valence-electron chi connectivity index (χ4n) is 3.63. The fraction of sp³-hybridized carbons (Fsp3) is 0.500. The van der Waals surface area contributed by atoms with Gasteiger partial charge in [0.25, 0.3) is 5.91 Å². The topological polar surface area (TPSA) is 63.4 Å². The quantitative estimate of drug-likeness (QED) is 0.926. The van der Waals surface area contributed by atoms with Crippen molar-refractivity contribution in [1.29, 1.82) is 0 Å². The van der Waals surface area contributed by atoms with E-state index in [0.717, 1.165) is 12.8 Å². The predicted octanol–water partition coefficient (Wildman–Crippen LogP) is 1.87. The lowest BCUT2D eigenvalue weighted by Crippen LogP contribution is -2.48. The molecule has 0 bridgehead atoms. The van der Waals surface area contributed by atoms with Crippen LogP contribution in [0, 0.1) is 5.82 Å². The van der Waals surface area contributed by atoms with Gasteiger partial charge in [0, 0.05) is 19.1 Å². The number of rotatable bonds is 3. The van der Waals surface area contributed by atoms with Crippen LogP contribution >= 0.6 is 0 Å². The van der Waals surface area contributed by atoms with Crippen molar-refractivity contribution in [1.82, 2.24) is 4.90 Å². The van der Waals surface area contributed by atoms with Gasteiger partial charge in [0.05, 0.1) is 12.0 Å². The van der Waals surface area contributed by atoms with E-state index in [1.165, 1.54) is 4.90 Å². The Morgan fingerprint density at radius 2 is 2.14 bits per heavy atom.